The molecule has 0 spiro atoms. The molecule has 1 rings (SSSR count). The number of phenolic OH excluding ortho intramolecular Hbond substituents is 1. The van der Waals surface area contributed by atoms with Gasteiger partial charge in [-0.1, -0.05) is 6.07 Å². The van der Waals surface area contributed by atoms with Gasteiger partial charge >= 0.3 is 6.43 Å². The Morgan fingerprint density at radius 2 is 2.14 bits per heavy atom. The van der Waals surface area contributed by atoms with Crippen LogP contribution in [-0.4, -0.2) is 17.4 Å². The Balaban J connectivity index is 2.78. The monoisotopic (exact) mass is 201 g/mol. The van der Waals surface area contributed by atoms with Crippen molar-refractivity contribution in [2.24, 2.45) is 0 Å². The van der Waals surface area contributed by atoms with Crippen LogP contribution < -0.4 is 5.32 Å². The Kier molecular flexibility index (Phi) is 3.01. The van der Waals surface area contributed by atoms with Crippen molar-refractivity contribution in [2.75, 3.05) is 5.32 Å². The van der Waals surface area contributed by atoms with Crippen LogP contribution in [0.5, 0.6) is 5.75 Å². The predicted octanol–water partition coefficient (Wildman–Crippen LogP) is 1.90. The number of hydrogen-bond acceptors (Lipinski definition) is 2. The van der Waals surface area contributed by atoms with E-state index in [0.717, 1.165) is 0 Å². The zero-order valence-corrected chi connectivity index (χ0v) is 7.42. The van der Waals surface area contributed by atoms with Crippen LogP contribution in [0.2, 0.25) is 0 Å². The largest absolute Gasteiger partial charge is 0.508 e. The summed E-state index contributed by atoms with van der Waals surface area (Å²) in [5.41, 5.74) is 0.762. The number of aromatic hydroxyl groups is 1. The van der Waals surface area contributed by atoms with Gasteiger partial charge in [0.1, 0.15) is 5.75 Å². The van der Waals surface area contributed by atoms with Gasteiger partial charge in [-0.3, -0.25) is 4.79 Å². The summed E-state index contributed by atoms with van der Waals surface area (Å²) >= 11 is 0. The van der Waals surface area contributed by atoms with Crippen LogP contribution in [0.3, 0.4) is 0 Å². The lowest BCUT2D eigenvalue weighted by Crippen LogP contribution is -2.19. The van der Waals surface area contributed by atoms with Gasteiger partial charge in [0.2, 0.25) is 0 Å². The molecular weight excluding hydrogens is 192 g/mol. The fraction of sp³-hybridized carbons (Fsp3) is 0.222. The highest BCUT2D eigenvalue weighted by Gasteiger charge is 2.15. The van der Waals surface area contributed by atoms with Crippen LogP contribution >= 0.6 is 0 Å². The summed E-state index contributed by atoms with van der Waals surface area (Å²) in [4.78, 5) is 10.6. The number of phenols is 1. The lowest BCUT2D eigenvalue weighted by molar-refractivity contribution is -0.126. The Bertz CT molecular complexity index is 353. The molecule has 0 bridgehead atoms. The molecule has 0 heterocycles. The third kappa shape index (κ3) is 2.42. The molecular formula is C9H9F2NO2. The number of alkyl halides is 2. The van der Waals surface area contributed by atoms with Gasteiger partial charge in [0, 0.05) is 11.8 Å². The van der Waals surface area contributed by atoms with Gasteiger partial charge in [0.25, 0.3) is 5.91 Å². The average molecular weight is 201 g/mol. The van der Waals surface area contributed by atoms with Crippen LogP contribution in [0.15, 0.2) is 18.2 Å². The van der Waals surface area contributed by atoms with Gasteiger partial charge < -0.3 is 10.4 Å². The van der Waals surface area contributed by atoms with Crippen LogP contribution in [0.1, 0.15) is 5.56 Å². The Morgan fingerprint density at radius 1 is 1.50 bits per heavy atom. The van der Waals surface area contributed by atoms with Crippen molar-refractivity contribution >= 4 is 11.6 Å². The van der Waals surface area contributed by atoms with Crippen molar-refractivity contribution in [3.05, 3.63) is 23.8 Å². The predicted molar refractivity (Wildman–Crippen MR) is 47.5 cm³/mol. The molecule has 2 N–H and O–H groups in total. The van der Waals surface area contributed by atoms with Crippen molar-refractivity contribution in [2.45, 2.75) is 13.3 Å². The number of amides is 1. The maximum atomic E-state index is 11.8. The van der Waals surface area contributed by atoms with Crippen LogP contribution in [-0.2, 0) is 4.79 Å². The summed E-state index contributed by atoms with van der Waals surface area (Å²) in [6.07, 6.45) is -3.06. The lowest BCUT2D eigenvalue weighted by Gasteiger charge is -2.05. The number of aryl methyl sites for hydroxylation is 1. The quantitative estimate of drug-likeness (QED) is 0.767. The molecule has 0 aliphatic carbocycles. The maximum absolute atomic E-state index is 11.8. The zero-order chi connectivity index (χ0) is 10.7. The van der Waals surface area contributed by atoms with E-state index in [1.807, 2.05) is 5.32 Å². The minimum absolute atomic E-state index is 0.0444. The number of halogens is 2. The van der Waals surface area contributed by atoms with E-state index in [4.69, 9.17) is 0 Å². The Labute approximate surface area is 79.4 Å². The van der Waals surface area contributed by atoms with Crippen molar-refractivity contribution < 1.29 is 18.7 Å². The zero-order valence-electron chi connectivity index (χ0n) is 7.42. The molecule has 76 valence electrons. The van der Waals surface area contributed by atoms with Gasteiger partial charge in [-0.15, -0.1) is 0 Å². The second-order valence-electron chi connectivity index (χ2n) is 2.79. The second kappa shape index (κ2) is 4.04. The van der Waals surface area contributed by atoms with Crippen molar-refractivity contribution in [1.82, 2.24) is 0 Å². The first-order chi connectivity index (χ1) is 6.50. The average Bonchev–Trinajstić information content (AvgIpc) is 2.11. The molecule has 0 unspecified atom stereocenters. The first-order valence-electron chi connectivity index (χ1n) is 3.89. The van der Waals surface area contributed by atoms with Gasteiger partial charge in [-0.25, -0.2) is 0 Å². The summed E-state index contributed by atoms with van der Waals surface area (Å²) in [7, 11) is 0. The lowest BCUT2D eigenvalue weighted by atomic mass is 10.2. The third-order valence-corrected chi connectivity index (χ3v) is 1.67. The second-order valence-corrected chi connectivity index (χ2v) is 2.79. The summed E-state index contributed by atoms with van der Waals surface area (Å²) in [5.74, 6) is -1.43. The molecule has 0 saturated carbocycles. The third-order valence-electron chi connectivity index (χ3n) is 1.67. The first kappa shape index (κ1) is 10.4. The van der Waals surface area contributed by atoms with E-state index in [-0.39, 0.29) is 11.4 Å². The number of hydrogen-bond donors (Lipinski definition) is 2. The summed E-state index contributed by atoms with van der Waals surface area (Å²) in [6, 6.07) is 4.18. The minimum atomic E-state index is -3.06. The fourth-order valence-electron chi connectivity index (χ4n) is 0.884. The Morgan fingerprint density at radius 3 is 2.64 bits per heavy atom. The molecule has 0 aromatic heterocycles. The molecule has 1 aromatic rings. The first-order valence-corrected chi connectivity index (χ1v) is 3.89. The van der Waals surface area contributed by atoms with E-state index in [9.17, 15) is 18.7 Å². The molecule has 3 nitrogen and oxygen atoms in total. The number of nitrogens with one attached hydrogen (secondary N) is 1. The fourth-order valence-corrected chi connectivity index (χ4v) is 0.884. The molecule has 5 heteroatoms. The van der Waals surface area contributed by atoms with E-state index < -0.39 is 12.3 Å². The molecule has 1 amide bonds. The molecule has 0 saturated heterocycles. The molecule has 0 aliphatic heterocycles. The number of carbonyl (C=O) groups is 1. The summed E-state index contributed by atoms with van der Waals surface area (Å²) in [5, 5.41) is 11.2. The van der Waals surface area contributed by atoms with Gasteiger partial charge in [-0.05, 0) is 18.6 Å². The smallest absolute Gasteiger partial charge is 0.315 e. The topological polar surface area (TPSA) is 49.3 Å². The van der Waals surface area contributed by atoms with E-state index in [0.29, 0.717) is 5.56 Å². The molecule has 0 fully saturated rings. The molecule has 0 atom stereocenters. The molecule has 0 radical (unpaired) electrons. The number of anilines is 1. The summed E-state index contributed by atoms with van der Waals surface area (Å²) < 4.78 is 23.6. The molecule has 14 heavy (non-hydrogen) atoms. The van der Waals surface area contributed by atoms with Gasteiger partial charge in [0.05, 0.1) is 0 Å². The van der Waals surface area contributed by atoms with Crippen molar-refractivity contribution in [1.29, 1.82) is 0 Å². The highest BCUT2D eigenvalue weighted by molar-refractivity contribution is 5.93. The normalized spacial score (nSPS) is 10.3. The summed E-state index contributed by atoms with van der Waals surface area (Å²) in [6.45, 7) is 1.66. The highest BCUT2D eigenvalue weighted by atomic mass is 19.3. The highest BCUT2D eigenvalue weighted by Crippen LogP contribution is 2.20. The van der Waals surface area contributed by atoms with Crippen molar-refractivity contribution in [3.8, 4) is 5.75 Å². The minimum Gasteiger partial charge on any atom is -0.508 e. The van der Waals surface area contributed by atoms with Crippen LogP contribution in [0, 0.1) is 6.92 Å². The van der Waals surface area contributed by atoms with Gasteiger partial charge in [-0.2, -0.15) is 8.78 Å². The Hall–Kier alpha value is -1.65. The van der Waals surface area contributed by atoms with Crippen LogP contribution in [0.25, 0.3) is 0 Å². The van der Waals surface area contributed by atoms with Gasteiger partial charge in [0.15, 0.2) is 0 Å². The molecule has 0 aliphatic rings. The SMILES string of the molecule is Cc1ccc(NC(=O)C(F)F)cc1O. The molecule has 1 aromatic carbocycles. The van der Waals surface area contributed by atoms with Crippen LogP contribution in [0.4, 0.5) is 14.5 Å². The number of benzene rings is 1. The number of rotatable bonds is 2. The van der Waals surface area contributed by atoms with E-state index in [1.54, 1.807) is 6.92 Å². The van der Waals surface area contributed by atoms with Crippen molar-refractivity contribution in [3.63, 3.8) is 0 Å². The van der Waals surface area contributed by atoms with E-state index in [2.05, 4.69) is 0 Å². The van der Waals surface area contributed by atoms with E-state index >= 15 is 0 Å². The maximum Gasteiger partial charge on any atom is 0.315 e. The number of carbonyl (C=O) groups excluding carboxylic acids is 1. The standard InChI is InChI=1S/C9H9F2NO2/c1-5-2-3-6(4-7(5)13)12-9(14)8(10)11/h2-4,8,13H,1H3,(H,12,14). The van der Waals surface area contributed by atoms with E-state index in [1.165, 1.54) is 18.2 Å².